The third-order valence-corrected chi connectivity index (χ3v) is 4.65. The SMILES string of the molecule is NC(=O)C[C@@H]1CN(C(=O)c2cc(Br)cc(-n3cccc3)c2)C[C@H]1O. The highest BCUT2D eigenvalue weighted by Crippen LogP contribution is 2.25. The van der Waals surface area contributed by atoms with E-state index in [1.807, 2.05) is 35.2 Å². The molecule has 24 heavy (non-hydrogen) atoms. The predicted molar refractivity (Wildman–Crippen MR) is 92.7 cm³/mol. The van der Waals surface area contributed by atoms with Gasteiger partial charge in [-0.25, -0.2) is 0 Å². The number of amides is 2. The lowest BCUT2D eigenvalue weighted by molar-refractivity contribution is -0.119. The number of hydrogen-bond donors (Lipinski definition) is 2. The number of aromatic nitrogens is 1. The quantitative estimate of drug-likeness (QED) is 0.828. The number of likely N-dealkylation sites (tertiary alicyclic amines) is 1. The molecule has 2 atom stereocenters. The Morgan fingerprint density at radius 3 is 2.58 bits per heavy atom. The van der Waals surface area contributed by atoms with Crippen LogP contribution in [0.5, 0.6) is 0 Å². The molecule has 1 fully saturated rings. The number of carbonyl (C=O) groups is 2. The molecule has 6 nitrogen and oxygen atoms in total. The zero-order valence-corrected chi connectivity index (χ0v) is 14.5. The Morgan fingerprint density at radius 1 is 1.21 bits per heavy atom. The van der Waals surface area contributed by atoms with Gasteiger partial charge in [0.2, 0.25) is 5.91 Å². The second kappa shape index (κ2) is 6.78. The summed E-state index contributed by atoms with van der Waals surface area (Å²) in [6, 6.07) is 9.30. The lowest BCUT2D eigenvalue weighted by Crippen LogP contribution is -2.29. The standard InChI is InChI=1S/C17H18BrN3O3/c18-13-5-11(6-14(8-13)20-3-1-2-4-20)17(24)21-9-12(7-16(19)23)15(22)10-21/h1-6,8,12,15,22H,7,9-10H2,(H2,19,23)/t12-,15-/m1/s1. The minimum Gasteiger partial charge on any atom is -0.391 e. The molecule has 0 bridgehead atoms. The summed E-state index contributed by atoms with van der Waals surface area (Å²) in [6.07, 6.45) is 3.16. The molecule has 1 aromatic carbocycles. The van der Waals surface area contributed by atoms with Gasteiger partial charge >= 0.3 is 0 Å². The number of nitrogens with zero attached hydrogens (tertiary/aromatic N) is 2. The minimum atomic E-state index is -0.725. The third kappa shape index (κ3) is 3.52. The summed E-state index contributed by atoms with van der Waals surface area (Å²) in [5.74, 6) is -0.941. The van der Waals surface area contributed by atoms with E-state index in [9.17, 15) is 14.7 Å². The first kappa shape index (κ1) is 16.7. The Labute approximate surface area is 148 Å². The van der Waals surface area contributed by atoms with Gasteiger partial charge in [0.25, 0.3) is 5.91 Å². The fourth-order valence-corrected chi connectivity index (χ4v) is 3.50. The molecule has 2 aromatic rings. The number of carbonyl (C=O) groups excluding carboxylic acids is 2. The van der Waals surface area contributed by atoms with Crippen molar-refractivity contribution in [3.63, 3.8) is 0 Å². The minimum absolute atomic E-state index is 0.0814. The van der Waals surface area contributed by atoms with E-state index in [0.717, 1.165) is 10.2 Å². The maximum absolute atomic E-state index is 12.8. The van der Waals surface area contributed by atoms with Gasteiger partial charge in [0.05, 0.1) is 6.10 Å². The van der Waals surface area contributed by atoms with Crippen molar-refractivity contribution < 1.29 is 14.7 Å². The fourth-order valence-electron chi connectivity index (χ4n) is 3.01. The number of aliphatic hydroxyl groups is 1. The maximum atomic E-state index is 12.8. The number of benzene rings is 1. The summed E-state index contributed by atoms with van der Waals surface area (Å²) in [5.41, 5.74) is 6.59. The second-order valence-electron chi connectivity index (χ2n) is 6.00. The molecule has 1 saturated heterocycles. The molecule has 1 aromatic heterocycles. The van der Waals surface area contributed by atoms with Crippen molar-refractivity contribution in [1.29, 1.82) is 0 Å². The van der Waals surface area contributed by atoms with Crippen molar-refractivity contribution in [2.24, 2.45) is 11.7 Å². The van der Waals surface area contributed by atoms with Gasteiger partial charge in [-0.15, -0.1) is 0 Å². The van der Waals surface area contributed by atoms with Gasteiger partial charge in [0.1, 0.15) is 0 Å². The molecular weight excluding hydrogens is 374 g/mol. The summed E-state index contributed by atoms with van der Waals surface area (Å²) in [7, 11) is 0. The van der Waals surface area contributed by atoms with Crippen LogP contribution in [0.15, 0.2) is 47.2 Å². The molecule has 7 heteroatoms. The lowest BCUT2D eigenvalue weighted by atomic mass is 10.0. The van der Waals surface area contributed by atoms with Crippen molar-refractivity contribution in [2.75, 3.05) is 13.1 Å². The number of nitrogens with two attached hydrogens (primary N) is 1. The molecule has 1 aliphatic heterocycles. The Balaban J connectivity index is 1.82. The van der Waals surface area contributed by atoms with Gasteiger partial charge in [0, 0.05) is 53.5 Å². The topological polar surface area (TPSA) is 88.6 Å². The number of rotatable bonds is 4. The first-order valence-corrected chi connectivity index (χ1v) is 8.43. The number of hydrogen-bond acceptors (Lipinski definition) is 3. The Kier molecular flexibility index (Phi) is 4.73. The maximum Gasteiger partial charge on any atom is 0.254 e. The van der Waals surface area contributed by atoms with Crippen molar-refractivity contribution in [2.45, 2.75) is 12.5 Å². The van der Waals surface area contributed by atoms with Crippen LogP contribution in [0.3, 0.4) is 0 Å². The zero-order valence-electron chi connectivity index (χ0n) is 12.9. The molecule has 126 valence electrons. The monoisotopic (exact) mass is 391 g/mol. The van der Waals surface area contributed by atoms with E-state index in [2.05, 4.69) is 15.9 Å². The van der Waals surface area contributed by atoms with Crippen LogP contribution in [0, 0.1) is 5.92 Å². The van der Waals surface area contributed by atoms with Crippen LogP contribution in [0.25, 0.3) is 5.69 Å². The molecule has 0 unspecified atom stereocenters. The van der Waals surface area contributed by atoms with Crippen molar-refractivity contribution in [3.8, 4) is 5.69 Å². The molecular formula is C17H18BrN3O3. The van der Waals surface area contributed by atoms with E-state index in [0.29, 0.717) is 12.1 Å². The summed E-state index contributed by atoms with van der Waals surface area (Å²) in [5, 5.41) is 10.0. The number of halogens is 1. The van der Waals surface area contributed by atoms with E-state index in [1.54, 1.807) is 17.0 Å². The molecule has 0 radical (unpaired) electrons. The van der Waals surface area contributed by atoms with Crippen LogP contribution in [-0.2, 0) is 4.79 Å². The molecule has 1 aliphatic rings. The van der Waals surface area contributed by atoms with Crippen LogP contribution < -0.4 is 5.73 Å². The Morgan fingerprint density at radius 2 is 1.92 bits per heavy atom. The summed E-state index contributed by atoms with van der Waals surface area (Å²) in [4.78, 5) is 25.4. The zero-order chi connectivity index (χ0) is 17.3. The van der Waals surface area contributed by atoms with E-state index in [4.69, 9.17) is 5.73 Å². The molecule has 3 N–H and O–H groups in total. The van der Waals surface area contributed by atoms with Crippen LogP contribution in [0.1, 0.15) is 16.8 Å². The second-order valence-corrected chi connectivity index (χ2v) is 6.91. The van der Waals surface area contributed by atoms with Crippen molar-refractivity contribution in [1.82, 2.24) is 9.47 Å². The summed E-state index contributed by atoms with van der Waals surface area (Å²) in [6.45, 7) is 0.538. The molecule has 0 saturated carbocycles. The molecule has 2 heterocycles. The molecule has 0 aliphatic carbocycles. The Bertz CT molecular complexity index is 760. The lowest BCUT2D eigenvalue weighted by Gasteiger charge is -2.17. The highest BCUT2D eigenvalue weighted by atomic mass is 79.9. The van der Waals surface area contributed by atoms with E-state index < -0.39 is 12.0 Å². The van der Waals surface area contributed by atoms with E-state index in [-0.39, 0.29) is 24.8 Å². The number of primary amides is 1. The number of aliphatic hydroxyl groups excluding tert-OH is 1. The van der Waals surface area contributed by atoms with Gasteiger partial charge in [-0.3, -0.25) is 9.59 Å². The Hall–Kier alpha value is -2.12. The molecule has 2 amide bonds. The van der Waals surface area contributed by atoms with E-state index >= 15 is 0 Å². The average Bonchev–Trinajstić information content (AvgIpc) is 3.16. The highest BCUT2D eigenvalue weighted by Gasteiger charge is 2.35. The van der Waals surface area contributed by atoms with Gasteiger partial charge in [-0.05, 0) is 30.3 Å². The van der Waals surface area contributed by atoms with Crippen molar-refractivity contribution in [3.05, 3.63) is 52.8 Å². The molecule has 3 rings (SSSR count). The van der Waals surface area contributed by atoms with Gasteiger partial charge in [-0.1, -0.05) is 15.9 Å². The van der Waals surface area contributed by atoms with Crippen LogP contribution in [0.2, 0.25) is 0 Å². The number of β-amino-alcohol motifs (C(OH)–C–C–N with tert-alkyl or cyclic N) is 1. The van der Waals surface area contributed by atoms with Gasteiger partial charge in [-0.2, -0.15) is 0 Å². The van der Waals surface area contributed by atoms with Crippen LogP contribution in [-0.4, -0.2) is 45.6 Å². The predicted octanol–water partition coefficient (Wildman–Crippen LogP) is 1.55. The first-order valence-electron chi connectivity index (χ1n) is 7.63. The normalized spacial score (nSPS) is 20.3. The van der Waals surface area contributed by atoms with Crippen LogP contribution >= 0.6 is 15.9 Å². The third-order valence-electron chi connectivity index (χ3n) is 4.19. The van der Waals surface area contributed by atoms with Crippen LogP contribution in [0.4, 0.5) is 0 Å². The average molecular weight is 392 g/mol. The summed E-state index contributed by atoms with van der Waals surface area (Å²) >= 11 is 3.44. The van der Waals surface area contributed by atoms with Gasteiger partial charge in [0.15, 0.2) is 0 Å². The molecule has 0 spiro atoms. The smallest absolute Gasteiger partial charge is 0.254 e. The fraction of sp³-hybridized carbons (Fsp3) is 0.294. The van der Waals surface area contributed by atoms with Gasteiger partial charge < -0.3 is 20.3 Å². The van der Waals surface area contributed by atoms with Crippen molar-refractivity contribution >= 4 is 27.7 Å². The summed E-state index contributed by atoms with van der Waals surface area (Å²) < 4.78 is 2.71. The van der Waals surface area contributed by atoms with E-state index in [1.165, 1.54) is 0 Å². The largest absolute Gasteiger partial charge is 0.391 e. The highest BCUT2D eigenvalue weighted by molar-refractivity contribution is 9.10. The first-order chi connectivity index (χ1) is 11.4.